The molecule has 50 heavy (non-hydrogen) atoms. The van der Waals surface area contributed by atoms with Crippen molar-refractivity contribution < 1.29 is 10.2 Å². The van der Waals surface area contributed by atoms with Crippen LogP contribution in [0, 0.1) is 0 Å². The summed E-state index contributed by atoms with van der Waals surface area (Å²) in [5, 5.41) is 21.7. The van der Waals surface area contributed by atoms with Crippen LogP contribution >= 0.6 is 0 Å². The van der Waals surface area contributed by atoms with Crippen molar-refractivity contribution in [2.45, 2.75) is 0 Å². The van der Waals surface area contributed by atoms with Gasteiger partial charge in [-0.25, -0.2) is 0 Å². The van der Waals surface area contributed by atoms with Crippen molar-refractivity contribution in [1.29, 1.82) is 0 Å². The molecule has 0 unspecified atom stereocenters. The van der Waals surface area contributed by atoms with Crippen molar-refractivity contribution in [3.8, 4) is 11.5 Å². The van der Waals surface area contributed by atoms with E-state index >= 15 is 0 Å². The normalized spacial score (nSPS) is 11.2. The van der Waals surface area contributed by atoms with Gasteiger partial charge in [-0.3, -0.25) is 9.98 Å². The monoisotopic (exact) mass is 650 g/mol. The van der Waals surface area contributed by atoms with Gasteiger partial charge in [0.2, 0.25) is 0 Å². The minimum Gasteiger partial charge on any atom is -0.507 e. The van der Waals surface area contributed by atoms with Crippen molar-refractivity contribution in [1.82, 2.24) is 0 Å². The predicted molar refractivity (Wildman–Crippen MR) is 207 cm³/mol. The SMILES string of the molecule is Oc1ccc(N(c2ccccc2)c2ccccc2)cc1C=Nc1ccccc1N=Cc1cc(N(c2ccccc2)c2ccccc2)ccc1O. The van der Waals surface area contributed by atoms with Crippen molar-refractivity contribution >= 4 is 57.9 Å². The molecule has 0 heterocycles. The third kappa shape index (κ3) is 7.15. The zero-order valence-corrected chi connectivity index (χ0v) is 27.2. The molecule has 0 saturated heterocycles. The van der Waals surface area contributed by atoms with Crippen LogP contribution in [0.3, 0.4) is 0 Å². The van der Waals surface area contributed by atoms with E-state index < -0.39 is 0 Å². The van der Waals surface area contributed by atoms with Crippen LogP contribution < -0.4 is 9.80 Å². The van der Waals surface area contributed by atoms with Crippen molar-refractivity contribution in [3.05, 3.63) is 193 Å². The summed E-state index contributed by atoms with van der Waals surface area (Å²) in [6.45, 7) is 0. The van der Waals surface area contributed by atoms with Crippen LogP contribution in [0.5, 0.6) is 11.5 Å². The van der Waals surface area contributed by atoms with E-state index in [-0.39, 0.29) is 11.5 Å². The number of para-hydroxylation sites is 6. The lowest BCUT2D eigenvalue weighted by Crippen LogP contribution is -2.10. The summed E-state index contributed by atoms with van der Waals surface area (Å²) >= 11 is 0. The Morgan fingerprint density at radius 1 is 0.340 bits per heavy atom. The third-order valence-corrected chi connectivity index (χ3v) is 8.16. The smallest absolute Gasteiger partial charge is 0.124 e. The lowest BCUT2D eigenvalue weighted by Gasteiger charge is -2.25. The van der Waals surface area contributed by atoms with Crippen molar-refractivity contribution in [3.63, 3.8) is 0 Å². The molecular formula is C44H34N4O2. The molecule has 0 aliphatic carbocycles. The molecule has 0 atom stereocenters. The number of anilines is 6. The van der Waals surface area contributed by atoms with Crippen LogP contribution in [0.2, 0.25) is 0 Å². The fraction of sp³-hybridized carbons (Fsp3) is 0. The number of aliphatic imine (C=N–C) groups is 2. The maximum Gasteiger partial charge on any atom is 0.124 e. The van der Waals surface area contributed by atoms with E-state index in [0.29, 0.717) is 22.5 Å². The molecule has 6 nitrogen and oxygen atoms in total. The standard InChI is InChI=1S/C44H34N4O2/c49-43-27-25-39(47(35-15-5-1-6-16-35)36-17-7-2-8-18-36)29-33(43)31-45-41-23-13-14-24-42(41)46-32-34-30-40(26-28-44(34)50)48(37-19-9-3-10-20-37)38-21-11-4-12-22-38/h1-32,49-50H. The molecule has 0 aromatic heterocycles. The number of nitrogens with zero attached hydrogens (tertiary/aromatic N) is 4. The second-order valence-corrected chi connectivity index (χ2v) is 11.5. The molecule has 0 spiro atoms. The molecule has 2 N–H and O–H groups in total. The number of benzene rings is 7. The Morgan fingerprint density at radius 2 is 0.640 bits per heavy atom. The summed E-state index contributed by atoms with van der Waals surface area (Å²) in [6.07, 6.45) is 3.30. The van der Waals surface area contributed by atoms with Gasteiger partial charge < -0.3 is 20.0 Å². The van der Waals surface area contributed by atoms with Crippen LogP contribution in [-0.2, 0) is 0 Å². The first-order chi connectivity index (χ1) is 24.6. The Kier molecular flexibility index (Phi) is 9.42. The molecule has 242 valence electrons. The predicted octanol–water partition coefficient (Wildman–Crippen LogP) is 11.5. The van der Waals surface area contributed by atoms with Crippen LogP contribution in [0.4, 0.5) is 45.5 Å². The molecule has 0 radical (unpaired) electrons. The average molecular weight is 651 g/mol. The minimum atomic E-state index is 0.114. The van der Waals surface area contributed by atoms with E-state index in [1.54, 1.807) is 24.6 Å². The molecule has 6 heteroatoms. The van der Waals surface area contributed by atoms with E-state index in [4.69, 9.17) is 9.98 Å². The Bertz CT molecular complexity index is 2000. The fourth-order valence-electron chi connectivity index (χ4n) is 5.73. The molecule has 0 fully saturated rings. The van der Waals surface area contributed by atoms with Gasteiger partial charge in [-0.15, -0.1) is 0 Å². The summed E-state index contributed by atoms with van der Waals surface area (Å²) in [5.41, 5.74) is 8.09. The third-order valence-electron chi connectivity index (χ3n) is 8.16. The van der Waals surface area contributed by atoms with Gasteiger partial charge in [-0.05, 0) is 97.1 Å². The zero-order valence-electron chi connectivity index (χ0n) is 27.2. The van der Waals surface area contributed by atoms with Gasteiger partial charge in [0.1, 0.15) is 11.5 Å². The van der Waals surface area contributed by atoms with E-state index in [2.05, 4.69) is 58.3 Å². The molecule has 0 aliphatic heterocycles. The zero-order chi connectivity index (χ0) is 34.1. The van der Waals surface area contributed by atoms with Gasteiger partial charge >= 0.3 is 0 Å². The van der Waals surface area contributed by atoms with Crippen LogP contribution in [0.1, 0.15) is 11.1 Å². The molecule has 7 aromatic carbocycles. The first-order valence-corrected chi connectivity index (χ1v) is 16.3. The van der Waals surface area contributed by atoms with Gasteiger partial charge in [0.05, 0.1) is 11.4 Å². The van der Waals surface area contributed by atoms with Gasteiger partial charge in [0, 0.05) is 57.7 Å². The second kappa shape index (κ2) is 14.9. The van der Waals surface area contributed by atoms with E-state index in [0.717, 1.165) is 34.1 Å². The molecule has 0 saturated carbocycles. The van der Waals surface area contributed by atoms with E-state index in [1.807, 2.05) is 121 Å². The highest BCUT2D eigenvalue weighted by molar-refractivity contribution is 5.92. The van der Waals surface area contributed by atoms with Crippen LogP contribution in [0.15, 0.2) is 192 Å². The van der Waals surface area contributed by atoms with Gasteiger partial charge in [-0.1, -0.05) is 84.9 Å². The highest BCUT2D eigenvalue weighted by Crippen LogP contribution is 2.38. The number of hydrogen-bond donors (Lipinski definition) is 2. The van der Waals surface area contributed by atoms with Crippen molar-refractivity contribution in [2.75, 3.05) is 9.80 Å². The lowest BCUT2D eigenvalue weighted by atomic mass is 10.1. The van der Waals surface area contributed by atoms with Crippen molar-refractivity contribution in [2.24, 2.45) is 9.98 Å². The minimum absolute atomic E-state index is 0.114. The molecule has 7 aromatic rings. The largest absolute Gasteiger partial charge is 0.507 e. The number of hydrogen-bond acceptors (Lipinski definition) is 6. The highest BCUT2D eigenvalue weighted by Gasteiger charge is 2.15. The van der Waals surface area contributed by atoms with Crippen LogP contribution in [-0.4, -0.2) is 22.6 Å². The van der Waals surface area contributed by atoms with Gasteiger partial charge in [0.25, 0.3) is 0 Å². The first-order valence-electron chi connectivity index (χ1n) is 16.3. The Morgan fingerprint density at radius 3 is 0.960 bits per heavy atom. The summed E-state index contributed by atoms with van der Waals surface area (Å²) in [7, 11) is 0. The highest BCUT2D eigenvalue weighted by atomic mass is 16.3. The van der Waals surface area contributed by atoms with Crippen LogP contribution in [0.25, 0.3) is 0 Å². The Labute approximate surface area is 291 Å². The van der Waals surface area contributed by atoms with E-state index in [1.165, 1.54) is 0 Å². The molecule has 0 bridgehead atoms. The Hall–Kier alpha value is -6.92. The summed E-state index contributed by atoms with van der Waals surface area (Å²) in [6, 6.07) is 58.9. The van der Waals surface area contributed by atoms with E-state index in [9.17, 15) is 10.2 Å². The second-order valence-electron chi connectivity index (χ2n) is 11.5. The average Bonchev–Trinajstić information content (AvgIpc) is 3.17. The quantitative estimate of drug-likeness (QED) is 0.145. The topological polar surface area (TPSA) is 71.7 Å². The number of phenolic OH excluding ortho intramolecular Hbond substituents is 2. The number of phenols is 2. The molecule has 0 amide bonds. The summed E-state index contributed by atoms with van der Waals surface area (Å²) in [5.74, 6) is 0.227. The maximum absolute atomic E-state index is 10.9. The molecular weight excluding hydrogens is 617 g/mol. The Balaban J connectivity index is 1.19. The molecule has 0 aliphatic rings. The number of rotatable bonds is 10. The maximum atomic E-state index is 10.9. The fourth-order valence-corrected chi connectivity index (χ4v) is 5.73. The summed E-state index contributed by atoms with van der Waals surface area (Å²) < 4.78 is 0. The molecule has 7 rings (SSSR count). The van der Waals surface area contributed by atoms with Gasteiger partial charge in [0.15, 0.2) is 0 Å². The first kappa shape index (κ1) is 31.7. The lowest BCUT2D eigenvalue weighted by molar-refractivity contribution is 0.474. The van der Waals surface area contributed by atoms with Gasteiger partial charge in [-0.2, -0.15) is 0 Å². The summed E-state index contributed by atoms with van der Waals surface area (Å²) in [4.78, 5) is 13.8. The number of aromatic hydroxyl groups is 2.